The van der Waals surface area contributed by atoms with Gasteiger partial charge in [0.25, 0.3) is 0 Å². The summed E-state index contributed by atoms with van der Waals surface area (Å²) >= 11 is 5.31. The molecule has 96 valence electrons. The SMILES string of the molecule is Cc1cccc(Cc2n[nH]c(=S)n2C(C)(C)C)c1. The lowest BCUT2D eigenvalue weighted by atomic mass is 10.1. The number of hydrogen-bond donors (Lipinski definition) is 1. The molecule has 0 aliphatic rings. The first-order valence-corrected chi connectivity index (χ1v) is 6.51. The summed E-state index contributed by atoms with van der Waals surface area (Å²) in [4.78, 5) is 0. The van der Waals surface area contributed by atoms with E-state index in [0.717, 1.165) is 12.2 Å². The summed E-state index contributed by atoms with van der Waals surface area (Å²) < 4.78 is 2.77. The average Bonchev–Trinajstić information content (AvgIpc) is 2.59. The summed E-state index contributed by atoms with van der Waals surface area (Å²) in [5.74, 6) is 0.984. The molecule has 0 radical (unpaired) electrons. The molecule has 0 spiro atoms. The first-order valence-electron chi connectivity index (χ1n) is 6.10. The Hall–Kier alpha value is -1.42. The fraction of sp³-hybridized carbons (Fsp3) is 0.429. The smallest absolute Gasteiger partial charge is 0.195 e. The number of benzene rings is 1. The van der Waals surface area contributed by atoms with E-state index in [1.54, 1.807) is 0 Å². The zero-order valence-corrected chi connectivity index (χ0v) is 12.1. The average molecular weight is 261 g/mol. The lowest BCUT2D eigenvalue weighted by Crippen LogP contribution is -2.24. The highest BCUT2D eigenvalue weighted by molar-refractivity contribution is 7.71. The van der Waals surface area contributed by atoms with Crippen molar-refractivity contribution in [2.75, 3.05) is 0 Å². The van der Waals surface area contributed by atoms with E-state index in [1.165, 1.54) is 11.1 Å². The summed E-state index contributed by atoms with van der Waals surface area (Å²) in [6, 6.07) is 8.49. The van der Waals surface area contributed by atoms with E-state index in [1.807, 2.05) is 0 Å². The van der Waals surface area contributed by atoms with E-state index < -0.39 is 0 Å². The number of hydrogen-bond acceptors (Lipinski definition) is 2. The third-order valence-electron chi connectivity index (χ3n) is 2.86. The van der Waals surface area contributed by atoms with Crippen LogP contribution in [0, 0.1) is 11.7 Å². The molecule has 0 aliphatic heterocycles. The molecule has 3 nitrogen and oxygen atoms in total. The number of nitrogens with one attached hydrogen (secondary N) is 1. The third kappa shape index (κ3) is 2.70. The van der Waals surface area contributed by atoms with E-state index >= 15 is 0 Å². The maximum Gasteiger partial charge on any atom is 0.195 e. The molecule has 0 unspecified atom stereocenters. The molecule has 1 N–H and O–H groups in total. The minimum Gasteiger partial charge on any atom is -0.298 e. The van der Waals surface area contributed by atoms with Crippen molar-refractivity contribution >= 4 is 12.2 Å². The maximum atomic E-state index is 5.31. The summed E-state index contributed by atoms with van der Waals surface area (Å²) in [6.07, 6.45) is 0.798. The van der Waals surface area contributed by atoms with Gasteiger partial charge in [0.2, 0.25) is 0 Å². The highest BCUT2D eigenvalue weighted by Gasteiger charge is 2.19. The van der Waals surface area contributed by atoms with Crippen molar-refractivity contribution in [3.8, 4) is 0 Å². The molecule has 1 aromatic carbocycles. The van der Waals surface area contributed by atoms with Gasteiger partial charge in [-0.15, -0.1) is 0 Å². The van der Waals surface area contributed by atoms with Gasteiger partial charge in [-0.1, -0.05) is 29.8 Å². The van der Waals surface area contributed by atoms with Gasteiger partial charge in [0.05, 0.1) is 0 Å². The van der Waals surface area contributed by atoms with Crippen LogP contribution in [0.2, 0.25) is 0 Å². The predicted octanol–water partition coefficient (Wildman–Crippen LogP) is 3.59. The van der Waals surface area contributed by atoms with Gasteiger partial charge < -0.3 is 0 Å². The van der Waals surface area contributed by atoms with Crippen molar-refractivity contribution in [3.05, 3.63) is 46.0 Å². The molecular weight excluding hydrogens is 242 g/mol. The van der Waals surface area contributed by atoms with Crippen LogP contribution in [0.4, 0.5) is 0 Å². The molecule has 2 aromatic rings. The molecule has 0 amide bonds. The molecule has 2 rings (SSSR count). The van der Waals surface area contributed by atoms with Crippen LogP contribution in [0.15, 0.2) is 24.3 Å². The van der Waals surface area contributed by atoms with Crippen LogP contribution in [-0.2, 0) is 12.0 Å². The number of H-pyrrole nitrogens is 1. The molecule has 0 fully saturated rings. The Morgan fingerprint density at radius 1 is 1.33 bits per heavy atom. The summed E-state index contributed by atoms with van der Waals surface area (Å²) in [7, 11) is 0. The minimum atomic E-state index is -0.0523. The van der Waals surface area contributed by atoms with E-state index in [-0.39, 0.29) is 5.54 Å². The van der Waals surface area contributed by atoms with Gasteiger partial charge in [0, 0.05) is 12.0 Å². The molecule has 0 bridgehead atoms. The van der Waals surface area contributed by atoms with Gasteiger partial charge in [-0.05, 0) is 45.5 Å². The largest absolute Gasteiger partial charge is 0.298 e. The van der Waals surface area contributed by atoms with Gasteiger partial charge in [-0.25, -0.2) is 0 Å². The Morgan fingerprint density at radius 2 is 2.06 bits per heavy atom. The van der Waals surface area contributed by atoms with Crippen molar-refractivity contribution < 1.29 is 0 Å². The Kier molecular flexibility index (Phi) is 3.39. The van der Waals surface area contributed by atoms with Gasteiger partial charge in [-0.2, -0.15) is 5.10 Å². The van der Waals surface area contributed by atoms with Crippen LogP contribution < -0.4 is 0 Å². The summed E-state index contributed by atoms with van der Waals surface area (Å²) in [5.41, 5.74) is 2.47. The van der Waals surface area contributed by atoms with Crippen LogP contribution in [-0.4, -0.2) is 14.8 Å². The van der Waals surface area contributed by atoms with Crippen molar-refractivity contribution in [2.24, 2.45) is 0 Å². The van der Waals surface area contributed by atoms with Crippen LogP contribution in [0.3, 0.4) is 0 Å². The fourth-order valence-electron chi connectivity index (χ4n) is 2.14. The van der Waals surface area contributed by atoms with Gasteiger partial charge in [0.15, 0.2) is 4.77 Å². The zero-order valence-electron chi connectivity index (χ0n) is 11.3. The Bertz CT molecular complexity index is 602. The van der Waals surface area contributed by atoms with Crippen molar-refractivity contribution in [1.29, 1.82) is 0 Å². The lowest BCUT2D eigenvalue weighted by Gasteiger charge is -2.22. The maximum absolute atomic E-state index is 5.31. The third-order valence-corrected chi connectivity index (χ3v) is 3.13. The van der Waals surface area contributed by atoms with E-state index in [4.69, 9.17) is 12.2 Å². The molecule has 0 atom stereocenters. The van der Waals surface area contributed by atoms with Crippen molar-refractivity contribution in [3.63, 3.8) is 0 Å². The van der Waals surface area contributed by atoms with Crippen LogP contribution >= 0.6 is 12.2 Å². The van der Waals surface area contributed by atoms with E-state index in [2.05, 4.69) is 66.7 Å². The predicted molar refractivity (Wildman–Crippen MR) is 76.4 cm³/mol. The topological polar surface area (TPSA) is 33.6 Å². The van der Waals surface area contributed by atoms with Crippen LogP contribution in [0.25, 0.3) is 0 Å². The number of rotatable bonds is 2. The number of aromatic amines is 1. The first-order chi connectivity index (χ1) is 8.38. The lowest BCUT2D eigenvalue weighted by molar-refractivity contribution is 0.380. The quantitative estimate of drug-likeness (QED) is 0.838. The highest BCUT2D eigenvalue weighted by Crippen LogP contribution is 2.19. The number of aromatic nitrogens is 3. The monoisotopic (exact) mass is 261 g/mol. The molecule has 18 heavy (non-hydrogen) atoms. The Morgan fingerprint density at radius 3 is 2.67 bits per heavy atom. The highest BCUT2D eigenvalue weighted by atomic mass is 32.1. The molecular formula is C14H19N3S. The van der Waals surface area contributed by atoms with E-state index in [9.17, 15) is 0 Å². The fourth-order valence-corrected chi connectivity index (χ4v) is 2.57. The van der Waals surface area contributed by atoms with E-state index in [0.29, 0.717) is 4.77 Å². The first kappa shape index (κ1) is 13.0. The van der Waals surface area contributed by atoms with Crippen molar-refractivity contribution in [2.45, 2.75) is 39.7 Å². The molecule has 0 saturated heterocycles. The summed E-state index contributed by atoms with van der Waals surface area (Å²) in [5, 5.41) is 7.25. The zero-order chi connectivity index (χ0) is 13.3. The number of aryl methyl sites for hydroxylation is 1. The Balaban J connectivity index is 2.39. The minimum absolute atomic E-state index is 0.0523. The molecule has 4 heteroatoms. The van der Waals surface area contributed by atoms with Gasteiger partial charge in [0.1, 0.15) is 5.82 Å². The second-order valence-corrected chi connectivity index (χ2v) is 6.00. The second-order valence-electron chi connectivity index (χ2n) is 5.62. The number of nitrogens with zero attached hydrogens (tertiary/aromatic N) is 2. The Labute approximate surface area is 113 Å². The molecule has 0 saturated carbocycles. The normalized spacial score (nSPS) is 11.8. The van der Waals surface area contributed by atoms with Gasteiger partial charge in [-0.3, -0.25) is 9.67 Å². The second kappa shape index (κ2) is 4.69. The van der Waals surface area contributed by atoms with Crippen LogP contribution in [0.5, 0.6) is 0 Å². The summed E-state index contributed by atoms with van der Waals surface area (Å²) in [6.45, 7) is 8.51. The standard InChI is InChI=1S/C14H19N3S/c1-10-6-5-7-11(8-10)9-12-15-16-13(18)17(12)14(2,3)4/h5-8H,9H2,1-4H3,(H,16,18). The van der Waals surface area contributed by atoms with Gasteiger partial charge >= 0.3 is 0 Å². The van der Waals surface area contributed by atoms with Crippen molar-refractivity contribution in [1.82, 2.24) is 14.8 Å². The van der Waals surface area contributed by atoms with Crippen LogP contribution in [0.1, 0.15) is 37.7 Å². The molecule has 1 aromatic heterocycles. The molecule has 0 aliphatic carbocycles. The molecule has 1 heterocycles.